The second kappa shape index (κ2) is 9.82. The van der Waals surface area contributed by atoms with Crippen molar-refractivity contribution in [2.75, 3.05) is 24.5 Å². The molecule has 0 bridgehead atoms. The molecule has 2 aromatic heterocycles. The van der Waals surface area contributed by atoms with Gasteiger partial charge >= 0.3 is 5.69 Å². The Morgan fingerprint density at radius 3 is 2.49 bits per heavy atom. The number of hydrogen-bond acceptors (Lipinski definition) is 6. The van der Waals surface area contributed by atoms with Crippen molar-refractivity contribution in [1.29, 1.82) is 0 Å². The van der Waals surface area contributed by atoms with E-state index in [9.17, 15) is 18.7 Å². The predicted octanol–water partition coefficient (Wildman–Crippen LogP) is 4.39. The van der Waals surface area contributed by atoms with Gasteiger partial charge in [-0.3, -0.25) is 9.47 Å². The minimum absolute atomic E-state index is 0.0268. The molecule has 3 aromatic rings. The summed E-state index contributed by atoms with van der Waals surface area (Å²) in [5.41, 5.74) is 1.12. The van der Waals surface area contributed by atoms with Gasteiger partial charge in [0.25, 0.3) is 0 Å². The molecule has 39 heavy (non-hydrogen) atoms. The molecule has 11 heteroatoms. The Bertz CT molecular complexity index is 1410. The first-order chi connectivity index (χ1) is 18.5. The number of anilines is 1. The van der Waals surface area contributed by atoms with Gasteiger partial charge in [-0.2, -0.15) is 4.98 Å². The van der Waals surface area contributed by atoms with Crippen molar-refractivity contribution in [2.24, 2.45) is 13.0 Å². The first kappa shape index (κ1) is 26.7. The lowest BCUT2D eigenvalue weighted by molar-refractivity contribution is -0.133. The lowest BCUT2D eigenvalue weighted by Crippen LogP contribution is -2.56. The molecule has 0 radical (unpaired) electrons. The van der Waals surface area contributed by atoms with E-state index in [4.69, 9.17) is 11.6 Å². The number of nitrogens with zero attached hydrogens (tertiary/aromatic N) is 6. The number of alkyl halides is 2. The van der Waals surface area contributed by atoms with E-state index in [2.05, 4.69) is 26.7 Å². The van der Waals surface area contributed by atoms with Crippen molar-refractivity contribution >= 4 is 28.6 Å². The van der Waals surface area contributed by atoms with Gasteiger partial charge in [0.1, 0.15) is 11.2 Å². The Hall–Kier alpha value is -2.56. The summed E-state index contributed by atoms with van der Waals surface area (Å²) in [5, 5.41) is 11.6. The fourth-order valence-corrected chi connectivity index (χ4v) is 7.07. The van der Waals surface area contributed by atoms with E-state index in [0.29, 0.717) is 48.2 Å². The van der Waals surface area contributed by atoms with Crippen LogP contribution in [0.5, 0.6) is 0 Å². The van der Waals surface area contributed by atoms with Crippen molar-refractivity contribution < 1.29 is 13.9 Å². The Morgan fingerprint density at radius 2 is 1.85 bits per heavy atom. The first-order valence-electron chi connectivity index (χ1n) is 13.8. The second-order valence-electron chi connectivity index (χ2n) is 11.8. The topological polar surface area (TPSA) is 79.4 Å². The number of imidazole rings is 1. The third kappa shape index (κ3) is 4.95. The summed E-state index contributed by atoms with van der Waals surface area (Å²) in [6.07, 6.45) is 4.92. The van der Waals surface area contributed by atoms with Crippen molar-refractivity contribution in [2.45, 2.75) is 75.6 Å². The van der Waals surface area contributed by atoms with Crippen molar-refractivity contribution in [3.63, 3.8) is 0 Å². The Balaban J connectivity index is 1.28. The number of rotatable bonds is 6. The Labute approximate surface area is 231 Å². The standard InChI is InChI=1S/C28H35ClF2N6O2/c1-18-15-35(23(20-13-28(30,31)14-20)19-5-7-21(29)8-6-19)11-12-37(18)24-22-25(34(2)26(38)33-24)36(17-32-22)16-27(39)9-3-4-10-27/h5-8,17-18,20,23,39H,3-4,9-16H2,1-2H3. The zero-order valence-corrected chi connectivity index (χ0v) is 23.1. The third-order valence-corrected chi connectivity index (χ3v) is 9.18. The van der Waals surface area contributed by atoms with Crippen LogP contribution in [0.4, 0.5) is 14.6 Å². The molecule has 3 fully saturated rings. The van der Waals surface area contributed by atoms with Gasteiger partial charge in [-0.15, -0.1) is 0 Å². The smallest absolute Gasteiger partial charge is 0.350 e. The summed E-state index contributed by atoms with van der Waals surface area (Å²) in [6, 6.07) is 7.36. The van der Waals surface area contributed by atoms with E-state index < -0.39 is 11.5 Å². The van der Waals surface area contributed by atoms with Gasteiger partial charge in [0.05, 0.1) is 18.5 Å². The molecule has 1 aliphatic heterocycles. The van der Waals surface area contributed by atoms with Crippen LogP contribution in [0.15, 0.2) is 35.4 Å². The highest BCUT2D eigenvalue weighted by Crippen LogP contribution is 2.50. The van der Waals surface area contributed by atoms with Gasteiger partial charge in [-0.05, 0) is 43.4 Å². The van der Waals surface area contributed by atoms with Crippen molar-refractivity contribution in [3.8, 4) is 0 Å². The van der Waals surface area contributed by atoms with E-state index in [1.54, 1.807) is 13.4 Å². The van der Waals surface area contributed by atoms with E-state index in [1.165, 1.54) is 4.57 Å². The summed E-state index contributed by atoms with van der Waals surface area (Å²) in [6.45, 7) is 4.31. The molecule has 1 saturated heterocycles. The normalized spacial score (nSPS) is 24.3. The molecule has 2 atom stereocenters. The second-order valence-corrected chi connectivity index (χ2v) is 12.2. The molecule has 0 amide bonds. The highest BCUT2D eigenvalue weighted by molar-refractivity contribution is 6.30. The highest BCUT2D eigenvalue weighted by atomic mass is 35.5. The van der Waals surface area contributed by atoms with E-state index >= 15 is 0 Å². The maximum absolute atomic E-state index is 13.9. The van der Waals surface area contributed by atoms with E-state index in [1.807, 2.05) is 28.8 Å². The minimum atomic E-state index is -2.60. The molecule has 8 nitrogen and oxygen atoms in total. The largest absolute Gasteiger partial charge is 0.388 e. The molecule has 0 spiro atoms. The lowest BCUT2D eigenvalue weighted by atomic mass is 9.73. The molecular weight excluding hydrogens is 526 g/mol. The van der Waals surface area contributed by atoms with E-state index in [0.717, 1.165) is 31.2 Å². The summed E-state index contributed by atoms with van der Waals surface area (Å²) in [4.78, 5) is 26.5. The maximum Gasteiger partial charge on any atom is 0.350 e. The average molecular weight is 561 g/mol. The zero-order chi connectivity index (χ0) is 27.5. The summed E-state index contributed by atoms with van der Waals surface area (Å²) in [5.74, 6) is -2.20. The van der Waals surface area contributed by atoms with Gasteiger partial charge in [0.15, 0.2) is 5.82 Å². The Morgan fingerprint density at radius 1 is 1.15 bits per heavy atom. The molecule has 210 valence electrons. The molecule has 1 aromatic carbocycles. The number of halogens is 3. The average Bonchev–Trinajstić information content (AvgIpc) is 3.49. The zero-order valence-electron chi connectivity index (χ0n) is 22.4. The lowest BCUT2D eigenvalue weighted by Gasteiger charge is -2.49. The summed E-state index contributed by atoms with van der Waals surface area (Å²) in [7, 11) is 1.69. The molecule has 1 N–H and O–H groups in total. The number of aromatic nitrogens is 4. The number of piperazine rings is 1. The van der Waals surface area contributed by atoms with Gasteiger partial charge < -0.3 is 14.6 Å². The van der Waals surface area contributed by atoms with Crippen molar-refractivity contribution in [3.05, 3.63) is 51.7 Å². The Kier molecular flexibility index (Phi) is 6.71. The van der Waals surface area contributed by atoms with E-state index in [-0.39, 0.29) is 36.5 Å². The van der Waals surface area contributed by atoms with Gasteiger partial charge in [-0.25, -0.2) is 18.6 Å². The molecule has 6 rings (SSSR count). The number of aliphatic hydroxyl groups is 1. The number of hydrogen-bond donors (Lipinski definition) is 1. The predicted molar refractivity (Wildman–Crippen MR) is 146 cm³/mol. The van der Waals surface area contributed by atoms with Gasteiger partial charge in [0.2, 0.25) is 5.92 Å². The van der Waals surface area contributed by atoms with Gasteiger partial charge in [0, 0.05) is 56.6 Å². The van der Waals surface area contributed by atoms with Crippen LogP contribution in [0, 0.1) is 5.92 Å². The maximum atomic E-state index is 13.9. The van der Waals surface area contributed by atoms with Crippen molar-refractivity contribution in [1.82, 2.24) is 24.0 Å². The van der Waals surface area contributed by atoms with Crippen LogP contribution in [0.1, 0.15) is 57.1 Å². The fraction of sp³-hybridized carbons (Fsp3) is 0.607. The minimum Gasteiger partial charge on any atom is -0.388 e. The number of benzene rings is 1. The molecule has 3 aliphatic rings. The first-order valence-corrected chi connectivity index (χ1v) is 14.2. The summed E-state index contributed by atoms with van der Waals surface area (Å²) < 4.78 is 31.2. The monoisotopic (exact) mass is 560 g/mol. The van der Waals surface area contributed by atoms with Crippen LogP contribution in [0.25, 0.3) is 11.2 Å². The molecule has 3 heterocycles. The van der Waals surface area contributed by atoms with Crippen LogP contribution in [0.2, 0.25) is 5.02 Å². The van der Waals surface area contributed by atoms with Crippen LogP contribution >= 0.6 is 11.6 Å². The third-order valence-electron chi connectivity index (χ3n) is 8.93. The molecule has 2 saturated carbocycles. The number of aryl methyl sites for hydroxylation is 1. The van der Waals surface area contributed by atoms with Crippen LogP contribution in [0.3, 0.4) is 0 Å². The van der Waals surface area contributed by atoms with Crippen LogP contribution in [-0.2, 0) is 13.6 Å². The molecular formula is C28H35ClF2N6O2. The SMILES string of the molecule is CC1CN(C(c2ccc(Cl)cc2)C2CC(F)(F)C2)CCN1c1nc(=O)n(C)c2c1ncn2CC1(O)CCCC1. The van der Waals surface area contributed by atoms with Crippen LogP contribution in [-0.4, -0.2) is 66.3 Å². The quantitative estimate of drug-likeness (QED) is 0.482. The summed E-state index contributed by atoms with van der Waals surface area (Å²) >= 11 is 6.12. The number of fused-ring (bicyclic) bond motifs is 1. The highest BCUT2D eigenvalue weighted by Gasteiger charge is 2.50. The van der Waals surface area contributed by atoms with Crippen LogP contribution < -0.4 is 10.6 Å². The fourth-order valence-electron chi connectivity index (χ4n) is 6.94. The molecule has 2 aliphatic carbocycles. The van der Waals surface area contributed by atoms with Gasteiger partial charge in [-0.1, -0.05) is 36.6 Å². The molecule has 2 unspecified atom stereocenters.